The summed E-state index contributed by atoms with van der Waals surface area (Å²) in [5.74, 6) is 0.444. The Morgan fingerprint density at radius 3 is 2.46 bits per heavy atom. The van der Waals surface area contributed by atoms with Crippen molar-refractivity contribution in [1.29, 1.82) is 0 Å². The minimum atomic E-state index is -0.797. The Labute approximate surface area is 153 Å². The highest BCUT2D eigenvalue weighted by molar-refractivity contribution is 5.68. The summed E-state index contributed by atoms with van der Waals surface area (Å²) in [4.78, 5) is 27.5. The van der Waals surface area contributed by atoms with Crippen LogP contribution in [-0.4, -0.2) is 31.0 Å². The maximum atomic E-state index is 11.1. The first kappa shape index (κ1) is 19.6. The number of aryl methyl sites for hydroxylation is 2. The van der Waals surface area contributed by atoms with Crippen LogP contribution in [0, 0.1) is 6.92 Å². The molecule has 2 aromatic heterocycles. The molecule has 2 aromatic rings. The van der Waals surface area contributed by atoms with Gasteiger partial charge in [0.25, 0.3) is 0 Å². The highest BCUT2D eigenvalue weighted by atomic mass is 16.4. The molecule has 0 saturated heterocycles. The molecule has 140 valence electrons. The molecule has 0 aliphatic rings. The van der Waals surface area contributed by atoms with Gasteiger partial charge in [0.2, 0.25) is 5.95 Å². The summed E-state index contributed by atoms with van der Waals surface area (Å²) in [6.45, 7) is 1.81. The third-order valence-corrected chi connectivity index (χ3v) is 4.25. The van der Waals surface area contributed by atoms with Gasteiger partial charge in [-0.25, -0.2) is 15.0 Å². The molecule has 5 N–H and O–H groups in total. The number of anilines is 2. The summed E-state index contributed by atoms with van der Waals surface area (Å²) in [7, 11) is 0. The smallest absolute Gasteiger partial charge is 0.303 e. The van der Waals surface area contributed by atoms with Gasteiger partial charge in [-0.05, 0) is 37.7 Å². The van der Waals surface area contributed by atoms with Crippen LogP contribution in [0.15, 0.2) is 18.5 Å². The molecule has 2 heterocycles. The Kier molecular flexibility index (Phi) is 7.25. The van der Waals surface area contributed by atoms with E-state index in [-0.39, 0.29) is 18.3 Å². The zero-order valence-electron chi connectivity index (χ0n) is 15.1. The number of carbonyl (C=O) groups is 1. The molecule has 0 amide bonds. The highest BCUT2D eigenvalue weighted by Gasteiger charge is 2.16. The summed E-state index contributed by atoms with van der Waals surface area (Å²) < 4.78 is 0. The third-order valence-electron chi connectivity index (χ3n) is 4.25. The number of rotatable bonds is 10. The molecular weight excluding hydrogens is 332 g/mol. The number of hydrogen-bond acceptors (Lipinski definition) is 7. The van der Waals surface area contributed by atoms with Crippen LogP contribution in [-0.2, 0) is 11.2 Å². The Morgan fingerprint density at radius 1 is 1.12 bits per heavy atom. The van der Waals surface area contributed by atoms with Gasteiger partial charge in [0, 0.05) is 24.2 Å². The predicted octanol–water partition coefficient (Wildman–Crippen LogP) is 2.49. The average molecular weight is 358 g/mol. The first-order valence-corrected chi connectivity index (χ1v) is 8.83. The first-order valence-electron chi connectivity index (χ1n) is 8.83. The maximum absolute atomic E-state index is 11.1. The zero-order chi connectivity index (χ0) is 18.9. The normalized spacial score (nSPS) is 12.0. The van der Waals surface area contributed by atoms with Crippen LogP contribution < -0.4 is 11.5 Å². The zero-order valence-corrected chi connectivity index (χ0v) is 15.1. The van der Waals surface area contributed by atoms with E-state index in [1.807, 2.05) is 6.92 Å². The molecule has 0 aliphatic carbocycles. The van der Waals surface area contributed by atoms with Crippen LogP contribution in [0.2, 0.25) is 0 Å². The number of hydrogen-bond donors (Lipinski definition) is 3. The Hall–Kier alpha value is -2.77. The summed E-state index contributed by atoms with van der Waals surface area (Å²) in [6, 6.07) is 1.75. The van der Waals surface area contributed by atoms with Gasteiger partial charge in [0.1, 0.15) is 11.6 Å². The van der Waals surface area contributed by atoms with Crippen LogP contribution in [0.4, 0.5) is 11.8 Å². The van der Waals surface area contributed by atoms with E-state index in [0.717, 1.165) is 49.8 Å². The maximum Gasteiger partial charge on any atom is 0.303 e. The van der Waals surface area contributed by atoms with E-state index in [2.05, 4.69) is 19.9 Å². The van der Waals surface area contributed by atoms with Crippen LogP contribution in [0.25, 0.3) is 0 Å². The molecule has 8 heteroatoms. The van der Waals surface area contributed by atoms with E-state index < -0.39 is 5.97 Å². The molecule has 0 bridgehead atoms. The average Bonchev–Trinajstić information content (AvgIpc) is 2.56. The molecule has 2 rings (SSSR count). The molecule has 0 aliphatic heterocycles. The number of carboxylic acid groups (broad SMARTS) is 1. The van der Waals surface area contributed by atoms with Crippen LogP contribution in [0.5, 0.6) is 0 Å². The topological polar surface area (TPSA) is 141 Å². The molecule has 1 atom stereocenters. The van der Waals surface area contributed by atoms with Crippen molar-refractivity contribution in [3.63, 3.8) is 0 Å². The van der Waals surface area contributed by atoms with Gasteiger partial charge in [0.05, 0.1) is 6.42 Å². The molecule has 1 unspecified atom stereocenters. The Balaban J connectivity index is 1.75. The van der Waals surface area contributed by atoms with E-state index in [1.165, 1.54) is 0 Å². The number of nitrogen functional groups attached to an aromatic ring is 2. The molecule has 0 saturated carbocycles. The van der Waals surface area contributed by atoms with Gasteiger partial charge in [-0.1, -0.05) is 19.3 Å². The van der Waals surface area contributed by atoms with Crippen molar-refractivity contribution in [2.24, 2.45) is 0 Å². The minimum Gasteiger partial charge on any atom is -0.481 e. The second kappa shape index (κ2) is 9.65. The van der Waals surface area contributed by atoms with Crippen molar-refractivity contribution >= 4 is 17.7 Å². The van der Waals surface area contributed by atoms with Crippen molar-refractivity contribution in [3.05, 3.63) is 35.5 Å². The van der Waals surface area contributed by atoms with Crippen molar-refractivity contribution < 1.29 is 9.90 Å². The number of unbranched alkanes of at least 4 members (excludes halogenated alkanes) is 3. The molecule has 8 nitrogen and oxygen atoms in total. The van der Waals surface area contributed by atoms with E-state index in [4.69, 9.17) is 16.6 Å². The van der Waals surface area contributed by atoms with Crippen LogP contribution in [0.1, 0.15) is 61.5 Å². The van der Waals surface area contributed by atoms with Crippen molar-refractivity contribution in [2.45, 2.75) is 57.8 Å². The van der Waals surface area contributed by atoms with Gasteiger partial charge in [-0.2, -0.15) is 4.98 Å². The fourth-order valence-electron chi connectivity index (χ4n) is 2.93. The summed E-state index contributed by atoms with van der Waals surface area (Å²) in [5, 5.41) is 9.14. The van der Waals surface area contributed by atoms with Gasteiger partial charge in [0.15, 0.2) is 0 Å². The fourth-order valence-corrected chi connectivity index (χ4v) is 2.93. The van der Waals surface area contributed by atoms with Crippen molar-refractivity contribution in [2.75, 3.05) is 11.5 Å². The number of nitrogens with two attached hydrogens (primary N) is 2. The van der Waals surface area contributed by atoms with E-state index >= 15 is 0 Å². The van der Waals surface area contributed by atoms with E-state index in [1.54, 1.807) is 18.5 Å². The lowest BCUT2D eigenvalue weighted by atomic mass is 9.92. The lowest BCUT2D eigenvalue weighted by Gasteiger charge is -2.14. The fraction of sp³-hybridized carbons (Fsp3) is 0.500. The second-order valence-electron chi connectivity index (χ2n) is 6.45. The monoisotopic (exact) mass is 358 g/mol. The summed E-state index contributed by atoms with van der Waals surface area (Å²) in [5.41, 5.74) is 13.0. The lowest BCUT2D eigenvalue weighted by Crippen LogP contribution is -2.08. The highest BCUT2D eigenvalue weighted by Crippen LogP contribution is 2.25. The minimum absolute atomic E-state index is 0.0467. The molecule has 0 spiro atoms. The summed E-state index contributed by atoms with van der Waals surface area (Å²) >= 11 is 0. The molecule has 0 radical (unpaired) electrons. The SMILES string of the molecule is Cc1ncc(C(CCCCCCc2cc(N)nc(N)n2)CC(=O)O)cn1. The lowest BCUT2D eigenvalue weighted by molar-refractivity contribution is -0.137. The number of nitrogens with zero attached hydrogens (tertiary/aromatic N) is 4. The molecule has 26 heavy (non-hydrogen) atoms. The predicted molar refractivity (Wildman–Crippen MR) is 99.4 cm³/mol. The molecule has 0 fully saturated rings. The van der Waals surface area contributed by atoms with Gasteiger partial charge in [-0.15, -0.1) is 0 Å². The van der Waals surface area contributed by atoms with Crippen LogP contribution in [0.3, 0.4) is 0 Å². The van der Waals surface area contributed by atoms with Gasteiger partial charge in [-0.3, -0.25) is 4.79 Å². The number of aliphatic carboxylic acids is 1. The van der Waals surface area contributed by atoms with Gasteiger partial charge >= 0.3 is 5.97 Å². The third kappa shape index (κ3) is 6.62. The quantitative estimate of drug-likeness (QED) is 0.550. The summed E-state index contributed by atoms with van der Waals surface area (Å²) in [6.07, 6.45) is 9.19. The van der Waals surface area contributed by atoms with Crippen LogP contribution >= 0.6 is 0 Å². The van der Waals surface area contributed by atoms with Gasteiger partial charge < -0.3 is 16.6 Å². The standard InChI is InChI=1S/C18H26N6O2/c1-12-21-10-14(11-22-12)13(8-17(25)26)6-4-2-3-5-7-15-9-16(19)24-18(20)23-15/h9-11,13H,2-8H2,1H3,(H,25,26)(H4,19,20,23,24). The molecule has 0 aromatic carbocycles. The first-order chi connectivity index (χ1) is 12.4. The van der Waals surface area contributed by atoms with Crippen molar-refractivity contribution in [3.8, 4) is 0 Å². The Bertz CT molecular complexity index is 700. The second-order valence-corrected chi connectivity index (χ2v) is 6.45. The number of carboxylic acids is 1. The Morgan fingerprint density at radius 2 is 1.81 bits per heavy atom. The van der Waals surface area contributed by atoms with E-state index in [9.17, 15) is 4.79 Å². The largest absolute Gasteiger partial charge is 0.481 e. The van der Waals surface area contributed by atoms with Crippen molar-refractivity contribution in [1.82, 2.24) is 19.9 Å². The number of aromatic nitrogens is 4. The molecular formula is C18H26N6O2. The van der Waals surface area contributed by atoms with E-state index in [0.29, 0.717) is 11.6 Å².